The van der Waals surface area contributed by atoms with Crippen LogP contribution in [0.4, 0.5) is 10.1 Å². The summed E-state index contributed by atoms with van der Waals surface area (Å²) in [4.78, 5) is 4.83. The quantitative estimate of drug-likeness (QED) is 0.658. The Hall–Kier alpha value is -1.56. The second kappa shape index (κ2) is 4.52. The molecule has 0 aliphatic rings. The van der Waals surface area contributed by atoms with Crippen molar-refractivity contribution in [1.82, 2.24) is 10.1 Å². The van der Waals surface area contributed by atoms with E-state index >= 15 is 0 Å². The van der Waals surface area contributed by atoms with Crippen molar-refractivity contribution in [3.8, 4) is 0 Å². The van der Waals surface area contributed by atoms with Gasteiger partial charge in [0.15, 0.2) is 5.82 Å². The summed E-state index contributed by atoms with van der Waals surface area (Å²) < 4.78 is 18.1. The Morgan fingerprint density at radius 3 is 2.94 bits per heavy atom. The lowest BCUT2D eigenvalue weighted by molar-refractivity contribution is 0.387. The van der Waals surface area contributed by atoms with Gasteiger partial charge in [-0.05, 0) is 25.1 Å². The van der Waals surface area contributed by atoms with E-state index in [1.807, 2.05) is 0 Å². The number of aromatic nitrogens is 2. The molecule has 16 heavy (non-hydrogen) atoms. The highest BCUT2D eigenvalue weighted by atomic mass is 32.2. The number of benzene rings is 1. The van der Waals surface area contributed by atoms with E-state index in [9.17, 15) is 4.39 Å². The van der Waals surface area contributed by atoms with E-state index in [0.717, 1.165) is 4.90 Å². The molecule has 4 nitrogen and oxygen atoms in total. The average molecular weight is 239 g/mol. The van der Waals surface area contributed by atoms with Gasteiger partial charge < -0.3 is 10.3 Å². The molecule has 6 heteroatoms. The summed E-state index contributed by atoms with van der Waals surface area (Å²) >= 11 is 1.42. The molecule has 0 radical (unpaired) electrons. The summed E-state index contributed by atoms with van der Waals surface area (Å²) in [6, 6.07) is 4.69. The maximum absolute atomic E-state index is 13.1. The number of rotatable bonds is 3. The van der Waals surface area contributed by atoms with Crippen molar-refractivity contribution in [1.29, 1.82) is 0 Å². The van der Waals surface area contributed by atoms with Gasteiger partial charge in [-0.3, -0.25) is 0 Å². The molecule has 1 aromatic heterocycles. The second-order valence-electron chi connectivity index (χ2n) is 3.21. The number of hydrogen-bond acceptors (Lipinski definition) is 5. The van der Waals surface area contributed by atoms with E-state index in [4.69, 9.17) is 10.3 Å². The number of nitrogen functional groups attached to an aromatic ring is 1. The summed E-state index contributed by atoms with van der Waals surface area (Å²) in [6.45, 7) is 1.75. The molecular weight excluding hydrogens is 229 g/mol. The first-order chi connectivity index (χ1) is 7.65. The number of anilines is 1. The largest absolute Gasteiger partial charge is 0.396 e. The Labute approximate surface area is 96.0 Å². The number of thioether (sulfide) groups is 1. The number of nitrogens with zero attached hydrogens (tertiary/aromatic N) is 2. The highest BCUT2D eigenvalue weighted by Gasteiger charge is 2.05. The number of nitrogens with two attached hydrogens (primary N) is 1. The highest BCUT2D eigenvalue weighted by Crippen LogP contribution is 2.24. The molecule has 2 rings (SSSR count). The Kier molecular flexibility index (Phi) is 3.09. The van der Waals surface area contributed by atoms with E-state index in [0.29, 0.717) is 17.5 Å². The molecule has 0 spiro atoms. The fourth-order valence-corrected chi connectivity index (χ4v) is 1.90. The predicted octanol–water partition coefficient (Wildman–Crippen LogP) is 2.39. The van der Waals surface area contributed by atoms with E-state index in [1.54, 1.807) is 13.0 Å². The zero-order chi connectivity index (χ0) is 11.5. The van der Waals surface area contributed by atoms with Gasteiger partial charge in [0, 0.05) is 4.90 Å². The molecule has 0 saturated carbocycles. The third-order valence-corrected chi connectivity index (χ3v) is 2.88. The van der Waals surface area contributed by atoms with Crippen LogP contribution in [-0.4, -0.2) is 10.1 Å². The number of halogens is 1. The van der Waals surface area contributed by atoms with Crippen LogP contribution in [0.2, 0.25) is 0 Å². The van der Waals surface area contributed by atoms with Gasteiger partial charge in [-0.1, -0.05) is 5.16 Å². The lowest BCUT2D eigenvalue weighted by Gasteiger charge is -2.00. The van der Waals surface area contributed by atoms with Crippen molar-refractivity contribution in [2.24, 2.45) is 0 Å². The third kappa shape index (κ3) is 2.52. The van der Waals surface area contributed by atoms with Gasteiger partial charge in [0.25, 0.3) is 0 Å². The van der Waals surface area contributed by atoms with Crippen molar-refractivity contribution in [2.45, 2.75) is 17.6 Å². The predicted molar refractivity (Wildman–Crippen MR) is 59.4 cm³/mol. The van der Waals surface area contributed by atoms with E-state index in [1.165, 1.54) is 23.9 Å². The Balaban J connectivity index is 2.02. The first-order valence-electron chi connectivity index (χ1n) is 4.62. The molecule has 0 saturated heterocycles. The molecule has 0 unspecified atom stereocenters. The zero-order valence-electron chi connectivity index (χ0n) is 8.61. The Morgan fingerprint density at radius 2 is 2.31 bits per heavy atom. The molecular formula is C10H10FN3OS. The fourth-order valence-electron chi connectivity index (χ4n) is 1.14. The summed E-state index contributed by atoms with van der Waals surface area (Å²) in [6.07, 6.45) is 0. The van der Waals surface area contributed by atoms with Gasteiger partial charge in [0.1, 0.15) is 5.82 Å². The summed E-state index contributed by atoms with van der Waals surface area (Å²) in [5.74, 6) is 1.23. The Bertz CT molecular complexity index is 501. The van der Waals surface area contributed by atoms with E-state index < -0.39 is 5.82 Å². The lowest BCUT2D eigenvalue weighted by atomic mass is 10.3. The van der Waals surface area contributed by atoms with Crippen LogP contribution in [-0.2, 0) is 5.75 Å². The highest BCUT2D eigenvalue weighted by molar-refractivity contribution is 7.98. The molecule has 0 fully saturated rings. The van der Waals surface area contributed by atoms with Crippen molar-refractivity contribution in [3.05, 3.63) is 35.7 Å². The second-order valence-corrected chi connectivity index (χ2v) is 4.26. The van der Waals surface area contributed by atoms with Crippen LogP contribution in [0.1, 0.15) is 11.7 Å². The smallest absolute Gasteiger partial charge is 0.236 e. The SMILES string of the molecule is Cc1noc(CSc2ccc(N)c(F)c2)n1. The first kappa shape index (κ1) is 10.9. The molecule has 2 aromatic rings. The number of aryl methyl sites for hydroxylation is 1. The van der Waals surface area contributed by atoms with Crippen molar-refractivity contribution in [2.75, 3.05) is 5.73 Å². The minimum Gasteiger partial charge on any atom is -0.396 e. The molecule has 0 bridgehead atoms. The lowest BCUT2D eigenvalue weighted by Crippen LogP contribution is -1.90. The zero-order valence-corrected chi connectivity index (χ0v) is 9.42. The van der Waals surface area contributed by atoms with Crippen LogP contribution in [0.25, 0.3) is 0 Å². The van der Waals surface area contributed by atoms with Crippen LogP contribution in [0.5, 0.6) is 0 Å². The maximum Gasteiger partial charge on any atom is 0.236 e. The fraction of sp³-hybridized carbons (Fsp3) is 0.200. The van der Waals surface area contributed by atoms with Gasteiger partial charge in [0.2, 0.25) is 5.89 Å². The molecule has 0 atom stereocenters. The van der Waals surface area contributed by atoms with Gasteiger partial charge in [-0.2, -0.15) is 4.98 Å². The topological polar surface area (TPSA) is 64.9 Å². The van der Waals surface area contributed by atoms with Crippen LogP contribution >= 0.6 is 11.8 Å². The molecule has 0 aliphatic carbocycles. The standard InChI is InChI=1S/C10H10FN3OS/c1-6-13-10(15-14-6)5-16-7-2-3-9(12)8(11)4-7/h2-4H,5,12H2,1H3. The van der Waals surface area contributed by atoms with Crippen LogP contribution in [0.15, 0.2) is 27.6 Å². The summed E-state index contributed by atoms with van der Waals surface area (Å²) in [5.41, 5.74) is 5.53. The summed E-state index contributed by atoms with van der Waals surface area (Å²) in [7, 11) is 0. The summed E-state index contributed by atoms with van der Waals surface area (Å²) in [5, 5.41) is 3.67. The van der Waals surface area contributed by atoms with Gasteiger partial charge >= 0.3 is 0 Å². The normalized spacial score (nSPS) is 10.6. The average Bonchev–Trinajstić information content (AvgIpc) is 2.66. The molecule has 2 N–H and O–H groups in total. The monoisotopic (exact) mass is 239 g/mol. The van der Waals surface area contributed by atoms with Crippen LogP contribution in [0, 0.1) is 12.7 Å². The molecule has 84 valence electrons. The Morgan fingerprint density at radius 1 is 1.50 bits per heavy atom. The van der Waals surface area contributed by atoms with E-state index in [-0.39, 0.29) is 5.69 Å². The molecule has 0 amide bonds. The van der Waals surface area contributed by atoms with Crippen molar-refractivity contribution >= 4 is 17.4 Å². The molecule has 1 aromatic carbocycles. The third-order valence-electron chi connectivity index (χ3n) is 1.90. The maximum atomic E-state index is 13.1. The molecule has 1 heterocycles. The minimum absolute atomic E-state index is 0.151. The minimum atomic E-state index is -0.410. The first-order valence-corrected chi connectivity index (χ1v) is 5.61. The van der Waals surface area contributed by atoms with Crippen LogP contribution < -0.4 is 5.73 Å². The van der Waals surface area contributed by atoms with Gasteiger partial charge in [-0.25, -0.2) is 4.39 Å². The van der Waals surface area contributed by atoms with Crippen LogP contribution in [0.3, 0.4) is 0 Å². The number of hydrogen-bond donors (Lipinski definition) is 1. The molecule has 0 aliphatic heterocycles. The van der Waals surface area contributed by atoms with Crippen molar-refractivity contribution < 1.29 is 8.91 Å². The van der Waals surface area contributed by atoms with Gasteiger partial charge in [0.05, 0.1) is 11.4 Å². The van der Waals surface area contributed by atoms with E-state index in [2.05, 4.69) is 10.1 Å². The van der Waals surface area contributed by atoms with Gasteiger partial charge in [-0.15, -0.1) is 11.8 Å². The van der Waals surface area contributed by atoms with Crippen molar-refractivity contribution in [3.63, 3.8) is 0 Å².